The standard InChI is InChI=1S/C24H23N5O2S/c1-15-12-16(2)28-29-22(15)21(17-8-5-4-6-9-17)27-24(29)32-14-20(30)26-19-11-7-10-18(13-19)23(31)25-3/h4-13H,14H2,1-3H3,(H,25,31)(H,26,30). The van der Waals surface area contributed by atoms with Crippen molar-refractivity contribution < 1.29 is 9.59 Å². The number of aromatic nitrogens is 3. The minimum Gasteiger partial charge on any atom is -0.355 e. The molecule has 2 heterocycles. The molecule has 0 spiro atoms. The van der Waals surface area contributed by atoms with Gasteiger partial charge >= 0.3 is 0 Å². The maximum Gasteiger partial charge on any atom is 0.251 e. The van der Waals surface area contributed by atoms with Crippen molar-refractivity contribution in [3.63, 3.8) is 0 Å². The van der Waals surface area contributed by atoms with Gasteiger partial charge in [0.25, 0.3) is 5.91 Å². The molecule has 0 saturated heterocycles. The second-order valence-electron chi connectivity index (χ2n) is 7.33. The fourth-order valence-corrected chi connectivity index (χ4v) is 4.25. The Hall–Kier alpha value is -3.65. The number of hydrogen-bond donors (Lipinski definition) is 2. The predicted molar refractivity (Wildman–Crippen MR) is 127 cm³/mol. The van der Waals surface area contributed by atoms with Crippen molar-refractivity contribution in [1.29, 1.82) is 0 Å². The predicted octanol–water partition coefficient (Wildman–Crippen LogP) is 4.10. The number of nitrogens with zero attached hydrogens (tertiary/aromatic N) is 3. The number of carbonyl (C=O) groups is 2. The van der Waals surface area contributed by atoms with Gasteiger partial charge in [-0.15, -0.1) is 0 Å². The Morgan fingerprint density at radius 3 is 2.56 bits per heavy atom. The van der Waals surface area contributed by atoms with E-state index in [1.165, 1.54) is 11.8 Å². The number of anilines is 1. The minimum absolute atomic E-state index is 0.159. The first-order valence-electron chi connectivity index (χ1n) is 10.1. The summed E-state index contributed by atoms with van der Waals surface area (Å²) in [5.74, 6) is -0.234. The van der Waals surface area contributed by atoms with E-state index >= 15 is 0 Å². The first kappa shape index (κ1) is 21.6. The molecule has 0 unspecified atom stereocenters. The molecule has 2 amide bonds. The van der Waals surface area contributed by atoms with Crippen LogP contribution in [0.1, 0.15) is 21.6 Å². The largest absolute Gasteiger partial charge is 0.355 e. The molecule has 0 aliphatic heterocycles. The summed E-state index contributed by atoms with van der Waals surface area (Å²) in [7, 11) is 1.57. The van der Waals surface area contributed by atoms with Crippen molar-refractivity contribution in [2.24, 2.45) is 0 Å². The molecule has 4 aromatic rings. The molecular weight excluding hydrogens is 422 g/mol. The zero-order valence-corrected chi connectivity index (χ0v) is 18.9. The Labute approximate surface area is 190 Å². The van der Waals surface area contributed by atoms with Gasteiger partial charge in [-0.25, -0.2) is 9.50 Å². The van der Waals surface area contributed by atoms with Crippen molar-refractivity contribution in [3.8, 4) is 11.3 Å². The molecule has 0 bridgehead atoms. The van der Waals surface area contributed by atoms with E-state index in [1.54, 1.807) is 31.3 Å². The number of fused-ring (bicyclic) bond motifs is 1. The van der Waals surface area contributed by atoms with Crippen LogP contribution in [-0.2, 0) is 4.79 Å². The highest BCUT2D eigenvalue weighted by Crippen LogP contribution is 2.30. The van der Waals surface area contributed by atoms with Crippen LogP contribution in [0.15, 0.2) is 65.8 Å². The summed E-state index contributed by atoms with van der Waals surface area (Å²) >= 11 is 1.32. The average Bonchev–Trinajstić information content (AvgIpc) is 3.16. The van der Waals surface area contributed by atoms with Crippen LogP contribution >= 0.6 is 11.8 Å². The monoisotopic (exact) mass is 445 g/mol. The third-order valence-corrected chi connectivity index (χ3v) is 5.83. The smallest absolute Gasteiger partial charge is 0.251 e. The molecule has 4 rings (SSSR count). The van der Waals surface area contributed by atoms with E-state index in [9.17, 15) is 9.59 Å². The van der Waals surface area contributed by atoms with E-state index in [1.807, 2.05) is 54.8 Å². The van der Waals surface area contributed by atoms with Gasteiger partial charge in [0.1, 0.15) is 0 Å². The van der Waals surface area contributed by atoms with Crippen LogP contribution < -0.4 is 10.6 Å². The quantitative estimate of drug-likeness (QED) is 0.436. The highest BCUT2D eigenvalue weighted by Gasteiger charge is 2.18. The van der Waals surface area contributed by atoms with Gasteiger partial charge in [-0.1, -0.05) is 48.2 Å². The van der Waals surface area contributed by atoms with Crippen molar-refractivity contribution in [2.45, 2.75) is 19.0 Å². The number of rotatable bonds is 6. The molecule has 32 heavy (non-hydrogen) atoms. The van der Waals surface area contributed by atoms with Gasteiger partial charge in [0, 0.05) is 23.9 Å². The van der Waals surface area contributed by atoms with Crippen molar-refractivity contribution in [3.05, 3.63) is 77.5 Å². The van der Waals surface area contributed by atoms with Crippen molar-refractivity contribution >= 4 is 34.8 Å². The molecule has 0 saturated carbocycles. The highest BCUT2D eigenvalue weighted by molar-refractivity contribution is 7.99. The fraction of sp³-hybridized carbons (Fsp3) is 0.167. The maximum absolute atomic E-state index is 12.6. The van der Waals surface area contributed by atoms with Crippen LogP contribution in [0.3, 0.4) is 0 Å². The number of amides is 2. The summed E-state index contributed by atoms with van der Waals surface area (Å²) in [6, 6.07) is 18.8. The Bertz CT molecular complexity index is 1300. The van der Waals surface area contributed by atoms with Crippen LogP contribution in [0.5, 0.6) is 0 Å². The molecule has 2 aromatic carbocycles. The van der Waals surface area contributed by atoms with Crippen LogP contribution in [0, 0.1) is 13.8 Å². The summed E-state index contributed by atoms with van der Waals surface area (Å²) in [5, 5.41) is 10.7. The molecule has 162 valence electrons. The van der Waals surface area contributed by atoms with Crippen LogP contribution in [0.25, 0.3) is 16.8 Å². The highest BCUT2D eigenvalue weighted by atomic mass is 32.2. The van der Waals surface area contributed by atoms with Gasteiger partial charge in [0.2, 0.25) is 5.91 Å². The lowest BCUT2D eigenvalue weighted by atomic mass is 10.1. The number of carbonyl (C=O) groups excluding carboxylic acids is 2. The molecule has 0 radical (unpaired) electrons. The Morgan fingerprint density at radius 1 is 1.03 bits per heavy atom. The number of thioether (sulfide) groups is 1. The summed E-state index contributed by atoms with van der Waals surface area (Å²) in [6.45, 7) is 3.98. The lowest BCUT2D eigenvalue weighted by Gasteiger charge is -2.07. The Morgan fingerprint density at radius 2 is 1.81 bits per heavy atom. The summed E-state index contributed by atoms with van der Waals surface area (Å²) < 4.78 is 1.82. The number of hydrogen-bond acceptors (Lipinski definition) is 5. The van der Waals surface area contributed by atoms with Crippen molar-refractivity contribution in [2.75, 3.05) is 18.1 Å². The molecule has 0 aliphatic carbocycles. The Balaban J connectivity index is 1.57. The molecule has 0 fully saturated rings. The molecular formula is C24H23N5O2S. The molecule has 2 aromatic heterocycles. The fourth-order valence-electron chi connectivity index (χ4n) is 3.51. The number of imidazole rings is 1. The third kappa shape index (κ3) is 4.50. The van der Waals surface area contributed by atoms with Gasteiger partial charge in [-0.3, -0.25) is 9.59 Å². The maximum atomic E-state index is 12.6. The van der Waals surface area contributed by atoms with Gasteiger partial charge in [-0.05, 0) is 43.7 Å². The summed E-state index contributed by atoms with van der Waals surface area (Å²) in [5.41, 5.74) is 5.79. The lowest BCUT2D eigenvalue weighted by Crippen LogP contribution is -2.19. The van der Waals surface area contributed by atoms with E-state index in [4.69, 9.17) is 4.98 Å². The lowest BCUT2D eigenvalue weighted by molar-refractivity contribution is -0.113. The van der Waals surface area contributed by atoms with Crippen LogP contribution in [0.2, 0.25) is 0 Å². The van der Waals surface area contributed by atoms with Crippen LogP contribution in [-0.4, -0.2) is 39.2 Å². The van der Waals surface area contributed by atoms with Gasteiger partial charge in [0.05, 0.1) is 22.7 Å². The third-order valence-electron chi connectivity index (χ3n) is 4.90. The van der Waals surface area contributed by atoms with E-state index in [0.717, 1.165) is 28.0 Å². The SMILES string of the molecule is CNC(=O)c1cccc(NC(=O)CSc2nc(-c3ccccc3)c3c(C)cc(C)nn23)c1. The zero-order chi connectivity index (χ0) is 22.7. The van der Waals surface area contributed by atoms with E-state index in [2.05, 4.69) is 15.7 Å². The second kappa shape index (κ2) is 9.23. The molecule has 0 atom stereocenters. The van der Waals surface area contributed by atoms with Crippen molar-refractivity contribution in [1.82, 2.24) is 19.9 Å². The average molecular weight is 446 g/mol. The first-order chi connectivity index (χ1) is 15.5. The van der Waals surface area contributed by atoms with Gasteiger partial charge in [-0.2, -0.15) is 5.10 Å². The number of benzene rings is 2. The minimum atomic E-state index is -0.204. The summed E-state index contributed by atoms with van der Waals surface area (Å²) in [6.07, 6.45) is 0. The number of aryl methyl sites for hydroxylation is 2. The summed E-state index contributed by atoms with van der Waals surface area (Å²) in [4.78, 5) is 29.2. The number of nitrogens with one attached hydrogen (secondary N) is 2. The van der Waals surface area contributed by atoms with E-state index in [0.29, 0.717) is 16.4 Å². The van der Waals surface area contributed by atoms with E-state index in [-0.39, 0.29) is 17.6 Å². The first-order valence-corrected chi connectivity index (χ1v) is 11.1. The second-order valence-corrected chi connectivity index (χ2v) is 8.28. The molecule has 0 aliphatic rings. The normalized spacial score (nSPS) is 10.8. The molecule has 8 heteroatoms. The molecule has 2 N–H and O–H groups in total. The van der Waals surface area contributed by atoms with Gasteiger partial charge in [0.15, 0.2) is 5.16 Å². The van der Waals surface area contributed by atoms with Crippen LogP contribution in [0.4, 0.5) is 5.69 Å². The zero-order valence-electron chi connectivity index (χ0n) is 18.0. The van der Waals surface area contributed by atoms with E-state index < -0.39 is 0 Å². The Kier molecular flexibility index (Phi) is 6.23. The van der Waals surface area contributed by atoms with Gasteiger partial charge < -0.3 is 10.6 Å². The topological polar surface area (TPSA) is 88.4 Å². The molecule has 7 nitrogen and oxygen atoms in total.